The van der Waals surface area contributed by atoms with Crippen LogP contribution in [0.1, 0.15) is 0 Å². The number of hydrogen-bond donors (Lipinski definition) is 3. The summed E-state index contributed by atoms with van der Waals surface area (Å²) in [6, 6.07) is 0. The predicted molar refractivity (Wildman–Crippen MR) is 49.3 cm³/mol. The van der Waals surface area contributed by atoms with Gasteiger partial charge in [-0.25, -0.2) is 0 Å². The molecule has 3 nitrogen and oxygen atoms in total. The zero-order valence-corrected chi connectivity index (χ0v) is 7.53. The van der Waals surface area contributed by atoms with Crippen LogP contribution in [-0.2, 0) is 4.79 Å². The predicted octanol–water partition coefficient (Wildman–Crippen LogP) is 0.279. The molecule has 0 unspecified atom stereocenters. The molecule has 0 rings (SSSR count). The van der Waals surface area contributed by atoms with Gasteiger partial charge in [-0.2, -0.15) is 0 Å². The van der Waals surface area contributed by atoms with Crippen LogP contribution < -0.4 is 10.6 Å². The van der Waals surface area contributed by atoms with E-state index in [1.54, 1.807) is 14.1 Å². The van der Waals surface area contributed by atoms with Crippen molar-refractivity contribution < 1.29 is 4.79 Å². The van der Waals surface area contributed by atoms with Crippen LogP contribution in [0.3, 0.4) is 0 Å². The molecule has 0 aliphatic rings. The molecule has 0 fully saturated rings. The first-order valence-electron chi connectivity index (χ1n) is 3.12. The lowest BCUT2D eigenvalue weighted by molar-refractivity contribution is -0.116. The molecule has 0 saturated heterocycles. The molecular weight excluding hydrogens is 160 g/mol. The number of allylic oxidation sites excluding steroid dienone is 1. The molecule has 0 aliphatic carbocycles. The smallest absolute Gasteiger partial charge is 0.259 e. The Morgan fingerprint density at radius 1 is 1.45 bits per heavy atom. The van der Waals surface area contributed by atoms with Crippen molar-refractivity contribution in [1.29, 1.82) is 0 Å². The zero-order chi connectivity index (χ0) is 8.85. The molecule has 4 heteroatoms. The molecule has 0 aromatic rings. The SMILES string of the molecule is C=C/C(NC)=C(\S)C(=O)NC. The van der Waals surface area contributed by atoms with Gasteiger partial charge in [-0.1, -0.05) is 6.58 Å². The van der Waals surface area contributed by atoms with Crippen LogP contribution in [0.25, 0.3) is 0 Å². The highest BCUT2D eigenvalue weighted by Gasteiger charge is 2.05. The van der Waals surface area contributed by atoms with Gasteiger partial charge in [0.2, 0.25) is 0 Å². The minimum absolute atomic E-state index is 0.224. The summed E-state index contributed by atoms with van der Waals surface area (Å²) in [6.07, 6.45) is 1.54. The number of hydrogen-bond acceptors (Lipinski definition) is 3. The molecule has 62 valence electrons. The highest BCUT2D eigenvalue weighted by Crippen LogP contribution is 2.06. The third-order valence-corrected chi connectivity index (χ3v) is 1.61. The molecular formula is C7H12N2OS. The number of nitrogens with one attached hydrogen (secondary N) is 2. The van der Waals surface area contributed by atoms with Crippen molar-refractivity contribution in [2.45, 2.75) is 0 Å². The highest BCUT2D eigenvalue weighted by molar-refractivity contribution is 7.85. The highest BCUT2D eigenvalue weighted by atomic mass is 32.1. The van der Waals surface area contributed by atoms with Crippen molar-refractivity contribution >= 4 is 18.5 Å². The minimum Gasteiger partial charge on any atom is -0.387 e. The van der Waals surface area contributed by atoms with E-state index in [-0.39, 0.29) is 5.91 Å². The first-order valence-corrected chi connectivity index (χ1v) is 3.57. The van der Waals surface area contributed by atoms with E-state index in [1.807, 2.05) is 0 Å². The van der Waals surface area contributed by atoms with Crippen molar-refractivity contribution in [3.63, 3.8) is 0 Å². The summed E-state index contributed by atoms with van der Waals surface area (Å²) in [7, 11) is 3.26. The maximum absolute atomic E-state index is 10.9. The zero-order valence-electron chi connectivity index (χ0n) is 6.64. The Balaban J connectivity index is 4.60. The molecule has 0 bridgehead atoms. The van der Waals surface area contributed by atoms with E-state index in [2.05, 4.69) is 29.8 Å². The lowest BCUT2D eigenvalue weighted by Gasteiger charge is -2.04. The van der Waals surface area contributed by atoms with Gasteiger partial charge in [0.25, 0.3) is 5.91 Å². The lowest BCUT2D eigenvalue weighted by Crippen LogP contribution is -2.21. The van der Waals surface area contributed by atoms with Gasteiger partial charge < -0.3 is 10.6 Å². The quantitative estimate of drug-likeness (QED) is 0.325. The van der Waals surface area contributed by atoms with Crippen LogP contribution in [0.2, 0.25) is 0 Å². The standard InChI is InChI=1S/C7H12N2OS/c1-4-5(8-2)6(11)7(10)9-3/h4,8,11H,1H2,2-3H3,(H,9,10)/b6-5+. The molecule has 0 atom stereocenters. The van der Waals surface area contributed by atoms with Crippen LogP contribution in [0, 0.1) is 0 Å². The number of thiol groups is 1. The van der Waals surface area contributed by atoms with E-state index in [0.29, 0.717) is 10.6 Å². The number of amides is 1. The van der Waals surface area contributed by atoms with E-state index in [4.69, 9.17) is 0 Å². The first kappa shape index (κ1) is 10.1. The fourth-order valence-corrected chi connectivity index (χ4v) is 0.873. The van der Waals surface area contributed by atoms with Crippen LogP contribution in [-0.4, -0.2) is 20.0 Å². The third-order valence-electron chi connectivity index (χ3n) is 1.17. The van der Waals surface area contributed by atoms with Gasteiger partial charge in [0.1, 0.15) is 0 Å². The number of carbonyl (C=O) groups excluding carboxylic acids is 1. The Kier molecular flexibility index (Phi) is 4.45. The topological polar surface area (TPSA) is 41.1 Å². The fraction of sp³-hybridized carbons (Fsp3) is 0.286. The Bertz CT molecular complexity index is 199. The second-order valence-electron chi connectivity index (χ2n) is 1.80. The third kappa shape index (κ3) is 2.67. The summed E-state index contributed by atoms with van der Waals surface area (Å²) in [6.45, 7) is 3.52. The van der Waals surface area contributed by atoms with Crippen LogP contribution in [0.5, 0.6) is 0 Å². The van der Waals surface area contributed by atoms with Crippen LogP contribution in [0.15, 0.2) is 23.3 Å². The van der Waals surface area contributed by atoms with Crippen molar-refractivity contribution in [3.05, 3.63) is 23.3 Å². The monoisotopic (exact) mass is 172 g/mol. The number of carbonyl (C=O) groups is 1. The molecule has 0 aliphatic heterocycles. The summed E-state index contributed by atoms with van der Waals surface area (Å²) >= 11 is 3.99. The molecule has 2 N–H and O–H groups in total. The molecule has 0 radical (unpaired) electrons. The van der Waals surface area contributed by atoms with E-state index in [9.17, 15) is 4.79 Å². The molecule has 0 heterocycles. The fourth-order valence-electron chi connectivity index (χ4n) is 0.558. The Morgan fingerprint density at radius 3 is 2.27 bits per heavy atom. The molecule has 0 aromatic carbocycles. The van der Waals surface area contributed by atoms with Gasteiger partial charge in [0.05, 0.1) is 10.6 Å². The first-order chi connectivity index (χ1) is 5.17. The van der Waals surface area contributed by atoms with Gasteiger partial charge in [-0.15, -0.1) is 12.6 Å². The van der Waals surface area contributed by atoms with Gasteiger partial charge in [0, 0.05) is 14.1 Å². The summed E-state index contributed by atoms with van der Waals surface area (Å²) in [5.74, 6) is -0.224. The summed E-state index contributed by atoms with van der Waals surface area (Å²) in [4.78, 5) is 11.3. The summed E-state index contributed by atoms with van der Waals surface area (Å²) in [5.41, 5.74) is 0.618. The molecule has 0 spiro atoms. The van der Waals surface area contributed by atoms with Gasteiger partial charge in [-0.3, -0.25) is 4.79 Å². The maximum atomic E-state index is 10.9. The molecule has 0 saturated carbocycles. The van der Waals surface area contributed by atoms with E-state index in [1.165, 1.54) is 6.08 Å². The molecule has 0 aromatic heterocycles. The number of rotatable bonds is 3. The van der Waals surface area contributed by atoms with Crippen molar-refractivity contribution in [2.75, 3.05) is 14.1 Å². The van der Waals surface area contributed by atoms with E-state index in [0.717, 1.165) is 0 Å². The van der Waals surface area contributed by atoms with Crippen LogP contribution >= 0.6 is 12.6 Å². The van der Waals surface area contributed by atoms with Gasteiger partial charge in [-0.05, 0) is 6.08 Å². The van der Waals surface area contributed by atoms with E-state index < -0.39 is 0 Å². The van der Waals surface area contributed by atoms with Crippen molar-refractivity contribution in [2.24, 2.45) is 0 Å². The Morgan fingerprint density at radius 2 is 2.00 bits per heavy atom. The average Bonchev–Trinajstić information content (AvgIpc) is 2.05. The molecule has 1 amide bonds. The minimum atomic E-state index is -0.224. The van der Waals surface area contributed by atoms with Crippen molar-refractivity contribution in [3.8, 4) is 0 Å². The summed E-state index contributed by atoms with van der Waals surface area (Å²) < 4.78 is 0. The number of likely N-dealkylation sites (N-methyl/N-ethyl adjacent to an activating group) is 2. The van der Waals surface area contributed by atoms with Gasteiger partial charge >= 0.3 is 0 Å². The Labute approximate surface area is 72.0 Å². The normalized spacial score (nSPS) is 11.5. The molecule has 11 heavy (non-hydrogen) atoms. The second-order valence-corrected chi connectivity index (χ2v) is 2.24. The average molecular weight is 172 g/mol. The second kappa shape index (κ2) is 4.85. The van der Waals surface area contributed by atoms with E-state index >= 15 is 0 Å². The Hall–Kier alpha value is -0.900. The van der Waals surface area contributed by atoms with Crippen molar-refractivity contribution in [1.82, 2.24) is 10.6 Å². The van der Waals surface area contributed by atoms with Crippen LogP contribution in [0.4, 0.5) is 0 Å². The summed E-state index contributed by atoms with van der Waals surface area (Å²) in [5, 5.41) is 5.24. The largest absolute Gasteiger partial charge is 0.387 e. The lowest BCUT2D eigenvalue weighted by atomic mass is 10.3. The van der Waals surface area contributed by atoms with Gasteiger partial charge in [0.15, 0.2) is 0 Å². The maximum Gasteiger partial charge on any atom is 0.259 e.